The predicted molar refractivity (Wildman–Crippen MR) is 71.1 cm³/mol. The summed E-state index contributed by atoms with van der Waals surface area (Å²) in [7, 11) is 1.68. The molecule has 94 valence electrons. The Morgan fingerprint density at radius 2 is 2.12 bits per heavy atom. The first-order chi connectivity index (χ1) is 8.21. The Labute approximate surface area is 104 Å². The number of hydrogen-bond acceptors (Lipinski definition) is 3. The Balaban J connectivity index is 2.01. The quantitative estimate of drug-likeness (QED) is 0.769. The summed E-state index contributed by atoms with van der Waals surface area (Å²) in [5.74, 6) is 1.78. The van der Waals surface area contributed by atoms with E-state index in [4.69, 9.17) is 10.5 Å². The van der Waals surface area contributed by atoms with Crippen LogP contribution >= 0.6 is 0 Å². The van der Waals surface area contributed by atoms with Gasteiger partial charge >= 0.3 is 0 Å². The molecule has 0 bridgehead atoms. The highest BCUT2D eigenvalue weighted by Gasteiger charge is 2.23. The first kappa shape index (κ1) is 12.2. The fourth-order valence-electron chi connectivity index (χ4n) is 2.12. The summed E-state index contributed by atoms with van der Waals surface area (Å²) in [5, 5.41) is 0. The lowest BCUT2D eigenvalue weighted by molar-refractivity contribution is 0.268. The molecule has 0 radical (unpaired) electrons. The molecule has 2 N–H and O–H groups in total. The van der Waals surface area contributed by atoms with Gasteiger partial charge in [0.1, 0.15) is 5.75 Å². The minimum Gasteiger partial charge on any atom is -0.497 e. The van der Waals surface area contributed by atoms with E-state index in [9.17, 15) is 0 Å². The Morgan fingerprint density at radius 3 is 2.71 bits per heavy atom. The molecule has 1 aromatic carbocycles. The lowest BCUT2D eigenvalue weighted by Crippen LogP contribution is -2.25. The van der Waals surface area contributed by atoms with Crippen LogP contribution in [0.15, 0.2) is 18.2 Å². The molecule has 1 fully saturated rings. The number of nitrogen functional groups attached to an aromatic ring is 1. The van der Waals surface area contributed by atoms with Crippen molar-refractivity contribution in [3.63, 3.8) is 0 Å². The van der Waals surface area contributed by atoms with Crippen LogP contribution in [0.25, 0.3) is 0 Å². The summed E-state index contributed by atoms with van der Waals surface area (Å²) in [6.07, 6.45) is 2.80. The maximum Gasteiger partial charge on any atom is 0.121 e. The molecular weight excluding hydrogens is 212 g/mol. The lowest BCUT2D eigenvalue weighted by Gasteiger charge is -2.20. The Hall–Kier alpha value is -1.22. The van der Waals surface area contributed by atoms with Gasteiger partial charge in [-0.05, 0) is 43.0 Å². The minimum atomic E-state index is 0.779. The molecule has 1 aromatic rings. The van der Waals surface area contributed by atoms with Crippen LogP contribution in [-0.2, 0) is 6.54 Å². The van der Waals surface area contributed by atoms with Crippen molar-refractivity contribution in [1.82, 2.24) is 4.90 Å². The number of hydrogen-bond donors (Lipinski definition) is 1. The number of anilines is 1. The Bertz CT molecular complexity index is 374. The van der Waals surface area contributed by atoms with E-state index in [1.807, 2.05) is 12.1 Å². The predicted octanol–water partition coefficient (Wildman–Crippen LogP) is 2.51. The molecule has 17 heavy (non-hydrogen) atoms. The molecule has 1 aliphatic rings. The number of benzene rings is 1. The largest absolute Gasteiger partial charge is 0.497 e. The van der Waals surface area contributed by atoms with Crippen LogP contribution in [-0.4, -0.2) is 25.1 Å². The van der Waals surface area contributed by atoms with Crippen LogP contribution in [0, 0.1) is 5.92 Å². The Kier molecular flexibility index (Phi) is 3.89. The fourth-order valence-corrected chi connectivity index (χ4v) is 2.12. The van der Waals surface area contributed by atoms with Gasteiger partial charge in [0.15, 0.2) is 0 Å². The lowest BCUT2D eigenvalue weighted by atomic mass is 10.1. The van der Waals surface area contributed by atoms with Gasteiger partial charge in [0, 0.05) is 24.8 Å². The average Bonchev–Trinajstić information content (AvgIpc) is 3.11. The first-order valence-corrected chi connectivity index (χ1v) is 6.37. The van der Waals surface area contributed by atoms with E-state index in [2.05, 4.69) is 17.9 Å². The summed E-state index contributed by atoms with van der Waals surface area (Å²) in [5.41, 5.74) is 7.89. The zero-order chi connectivity index (χ0) is 12.3. The molecule has 0 atom stereocenters. The zero-order valence-corrected chi connectivity index (χ0v) is 10.8. The van der Waals surface area contributed by atoms with Gasteiger partial charge in [0.25, 0.3) is 0 Å². The van der Waals surface area contributed by atoms with E-state index in [1.54, 1.807) is 7.11 Å². The number of nitrogens with zero attached hydrogens (tertiary/aromatic N) is 1. The molecule has 0 spiro atoms. The number of rotatable bonds is 6. The van der Waals surface area contributed by atoms with Gasteiger partial charge in [0.05, 0.1) is 7.11 Å². The van der Waals surface area contributed by atoms with Gasteiger partial charge in [0.2, 0.25) is 0 Å². The van der Waals surface area contributed by atoms with E-state index >= 15 is 0 Å². The molecule has 1 saturated carbocycles. The van der Waals surface area contributed by atoms with Crippen molar-refractivity contribution in [3.8, 4) is 5.75 Å². The van der Waals surface area contributed by atoms with Gasteiger partial charge in [-0.15, -0.1) is 0 Å². The maximum atomic E-state index is 5.87. The molecular formula is C14H22N2O. The molecule has 0 heterocycles. The fraction of sp³-hybridized carbons (Fsp3) is 0.571. The number of ether oxygens (including phenoxy) is 1. The summed E-state index contributed by atoms with van der Waals surface area (Å²) < 4.78 is 5.25. The van der Waals surface area contributed by atoms with Crippen molar-refractivity contribution >= 4 is 5.69 Å². The van der Waals surface area contributed by atoms with E-state index < -0.39 is 0 Å². The van der Waals surface area contributed by atoms with Crippen LogP contribution < -0.4 is 10.5 Å². The smallest absolute Gasteiger partial charge is 0.121 e. The van der Waals surface area contributed by atoms with Crippen molar-refractivity contribution < 1.29 is 4.74 Å². The SMILES string of the molecule is CCN(Cc1cc(N)cc(OC)c1)CC1CC1. The monoisotopic (exact) mass is 234 g/mol. The molecule has 0 aromatic heterocycles. The number of nitrogens with two attached hydrogens (primary N) is 1. The van der Waals surface area contributed by atoms with Crippen LogP contribution in [0.1, 0.15) is 25.3 Å². The van der Waals surface area contributed by atoms with E-state index in [1.165, 1.54) is 24.9 Å². The van der Waals surface area contributed by atoms with Crippen molar-refractivity contribution in [2.75, 3.05) is 25.9 Å². The highest BCUT2D eigenvalue weighted by atomic mass is 16.5. The maximum absolute atomic E-state index is 5.87. The highest BCUT2D eigenvalue weighted by Crippen LogP contribution is 2.30. The standard InChI is InChI=1S/C14H22N2O/c1-3-16(9-11-4-5-11)10-12-6-13(15)8-14(7-12)17-2/h6-8,11H,3-5,9-10,15H2,1-2H3. The molecule has 0 unspecified atom stereocenters. The van der Waals surface area contributed by atoms with Gasteiger partial charge < -0.3 is 10.5 Å². The van der Waals surface area contributed by atoms with Crippen molar-refractivity contribution in [2.24, 2.45) is 5.92 Å². The van der Waals surface area contributed by atoms with Crippen molar-refractivity contribution in [3.05, 3.63) is 23.8 Å². The molecule has 0 saturated heterocycles. The van der Waals surface area contributed by atoms with Crippen LogP contribution in [0.4, 0.5) is 5.69 Å². The topological polar surface area (TPSA) is 38.5 Å². The molecule has 0 amide bonds. The van der Waals surface area contributed by atoms with E-state index in [0.29, 0.717) is 0 Å². The van der Waals surface area contributed by atoms with E-state index in [-0.39, 0.29) is 0 Å². The molecule has 0 aliphatic heterocycles. The third-order valence-corrected chi connectivity index (χ3v) is 3.29. The summed E-state index contributed by atoms with van der Waals surface area (Å²) >= 11 is 0. The molecule has 3 nitrogen and oxygen atoms in total. The minimum absolute atomic E-state index is 0.779. The van der Waals surface area contributed by atoms with Gasteiger partial charge in [-0.3, -0.25) is 4.90 Å². The normalized spacial score (nSPS) is 15.2. The molecule has 2 rings (SSSR count). The Morgan fingerprint density at radius 1 is 1.35 bits per heavy atom. The second kappa shape index (κ2) is 5.41. The summed E-state index contributed by atoms with van der Waals surface area (Å²) in [6.45, 7) is 5.49. The van der Waals surface area contributed by atoms with Crippen molar-refractivity contribution in [1.29, 1.82) is 0 Å². The second-order valence-electron chi connectivity index (χ2n) is 4.89. The van der Waals surface area contributed by atoms with Crippen LogP contribution in [0.3, 0.4) is 0 Å². The number of methoxy groups -OCH3 is 1. The average molecular weight is 234 g/mol. The molecule has 1 aliphatic carbocycles. The third kappa shape index (κ3) is 3.63. The third-order valence-electron chi connectivity index (χ3n) is 3.29. The first-order valence-electron chi connectivity index (χ1n) is 6.37. The summed E-state index contributed by atoms with van der Waals surface area (Å²) in [6, 6.07) is 5.98. The zero-order valence-electron chi connectivity index (χ0n) is 10.8. The van der Waals surface area contributed by atoms with Gasteiger partial charge in [-0.2, -0.15) is 0 Å². The molecule has 3 heteroatoms. The van der Waals surface area contributed by atoms with Gasteiger partial charge in [-0.1, -0.05) is 6.92 Å². The van der Waals surface area contributed by atoms with E-state index in [0.717, 1.165) is 30.4 Å². The van der Waals surface area contributed by atoms with Crippen molar-refractivity contribution in [2.45, 2.75) is 26.3 Å². The van der Waals surface area contributed by atoms with Crippen LogP contribution in [0.5, 0.6) is 5.75 Å². The van der Waals surface area contributed by atoms with Crippen LogP contribution in [0.2, 0.25) is 0 Å². The summed E-state index contributed by atoms with van der Waals surface area (Å²) in [4.78, 5) is 2.48. The van der Waals surface area contributed by atoms with Gasteiger partial charge in [-0.25, -0.2) is 0 Å². The second-order valence-corrected chi connectivity index (χ2v) is 4.89. The highest BCUT2D eigenvalue weighted by molar-refractivity contribution is 5.47.